The lowest BCUT2D eigenvalue weighted by molar-refractivity contribution is -0.386. The normalized spacial score (nSPS) is 12.0. The molecule has 0 bridgehead atoms. The lowest BCUT2D eigenvalue weighted by Crippen LogP contribution is -2.26. The number of halogens is 2. The summed E-state index contributed by atoms with van der Waals surface area (Å²) >= 11 is 9.35. The van der Waals surface area contributed by atoms with Crippen LogP contribution in [0.1, 0.15) is 52.2 Å². The van der Waals surface area contributed by atoms with Crippen LogP contribution in [0.5, 0.6) is 11.5 Å². The van der Waals surface area contributed by atoms with Crippen molar-refractivity contribution in [2.24, 2.45) is 10.5 Å². The maximum atomic E-state index is 12.2. The van der Waals surface area contributed by atoms with Crippen LogP contribution < -0.4 is 14.9 Å². The molecule has 0 aliphatic heterocycles. The highest BCUT2D eigenvalue weighted by Crippen LogP contribution is 2.43. The third kappa shape index (κ3) is 7.70. The number of carbonyl (C=O) groups is 1. The third-order valence-electron chi connectivity index (χ3n) is 4.91. The molecule has 1 amide bonds. The second kappa shape index (κ2) is 11.2. The van der Waals surface area contributed by atoms with Crippen LogP contribution in [-0.4, -0.2) is 30.8 Å². The van der Waals surface area contributed by atoms with E-state index in [1.54, 1.807) is 24.3 Å². The van der Waals surface area contributed by atoms with Crippen LogP contribution in [0.3, 0.4) is 0 Å². The maximum Gasteiger partial charge on any atom is 0.312 e. The van der Waals surface area contributed by atoms with Gasteiger partial charge >= 0.3 is 5.69 Å². The SMILES string of the molecule is COc1ccc(Cl)cc1/C=N/NC(=O)COc1c(Br)cc(C(C)(C)CC(C)(C)C)cc1[N+](=O)[O-]. The first-order valence-electron chi connectivity index (χ1n) is 10.5. The van der Waals surface area contributed by atoms with E-state index in [0.29, 0.717) is 20.8 Å². The molecule has 2 aromatic rings. The number of nitro groups is 1. The number of hydrogen-bond acceptors (Lipinski definition) is 6. The Morgan fingerprint density at radius 1 is 1.24 bits per heavy atom. The molecule has 0 atom stereocenters. The number of amides is 1. The van der Waals surface area contributed by atoms with E-state index in [2.05, 4.69) is 47.2 Å². The van der Waals surface area contributed by atoms with Crippen LogP contribution in [0.15, 0.2) is 39.9 Å². The molecule has 2 aromatic carbocycles. The number of nitro benzene ring substituents is 1. The van der Waals surface area contributed by atoms with Crippen molar-refractivity contribution >= 4 is 45.3 Å². The van der Waals surface area contributed by atoms with Gasteiger partial charge in [-0.15, -0.1) is 0 Å². The molecule has 8 nitrogen and oxygen atoms in total. The molecule has 184 valence electrons. The van der Waals surface area contributed by atoms with Gasteiger partial charge in [-0.3, -0.25) is 14.9 Å². The van der Waals surface area contributed by atoms with E-state index in [4.69, 9.17) is 21.1 Å². The summed E-state index contributed by atoms with van der Waals surface area (Å²) < 4.78 is 11.1. The van der Waals surface area contributed by atoms with Gasteiger partial charge in [0.05, 0.1) is 22.7 Å². The van der Waals surface area contributed by atoms with Crippen molar-refractivity contribution in [3.8, 4) is 11.5 Å². The average molecular weight is 555 g/mol. The molecule has 0 spiro atoms. The first kappa shape index (κ1) is 27.6. The van der Waals surface area contributed by atoms with Gasteiger partial charge in [-0.25, -0.2) is 5.43 Å². The van der Waals surface area contributed by atoms with E-state index in [1.165, 1.54) is 19.4 Å². The van der Waals surface area contributed by atoms with E-state index >= 15 is 0 Å². The largest absolute Gasteiger partial charge is 0.496 e. The first-order chi connectivity index (χ1) is 15.7. The predicted molar refractivity (Wildman–Crippen MR) is 137 cm³/mol. The molecule has 10 heteroatoms. The maximum absolute atomic E-state index is 12.2. The van der Waals surface area contributed by atoms with Crippen LogP contribution >= 0.6 is 27.5 Å². The van der Waals surface area contributed by atoms with Gasteiger partial charge in [-0.2, -0.15) is 5.10 Å². The molecule has 0 saturated carbocycles. The highest BCUT2D eigenvalue weighted by Gasteiger charge is 2.31. The van der Waals surface area contributed by atoms with E-state index in [-0.39, 0.29) is 22.3 Å². The lowest BCUT2D eigenvalue weighted by Gasteiger charge is -2.33. The molecule has 0 unspecified atom stereocenters. The second-order valence-electron chi connectivity index (χ2n) is 9.65. The van der Waals surface area contributed by atoms with Gasteiger partial charge in [0.25, 0.3) is 5.91 Å². The summed E-state index contributed by atoms with van der Waals surface area (Å²) in [5, 5.41) is 16.1. The average Bonchev–Trinajstić information content (AvgIpc) is 2.70. The minimum Gasteiger partial charge on any atom is -0.496 e. The number of ether oxygens (including phenoxy) is 2. The molecule has 0 aliphatic carbocycles. The zero-order valence-electron chi connectivity index (χ0n) is 20.1. The van der Waals surface area contributed by atoms with Crippen molar-refractivity contribution in [3.63, 3.8) is 0 Å². The molecule has 0 saturated heterocycles. The molecule has 1 N–H and O–H groups in total. The van der Waals surface area contributed by atoms with Crippen LogP contribution in [0.2, 0.25) is 5.02 Å². The molecule has 0 fully saturated rings. The molecular weight excluding hydrogens is 526 g/mol. The molecule has 0 radical (unpaired) electrons. The van der Waals surface area contributed by atoms with E-state index in [9.17, 15) is 14.9 Å². The standard InChI is InChI=1S/C24H29BrClN3O5/c1-23(2,3)14-24(4,5)16-10-18(25)22(19(11-16)29(31)32)34-13-21(30)28-27-12-15-9-17(26)7-8-20(15)33-6/h7-12H,13-14H2,1-6H3,(H,28,30)/b27-12+. The van der Waals surface area contributed by atoms with Crippen LogP contribution in [0.4, 0.5) is 5.69 Å². The van der Waals surface area contributed by atoms with Crippen molar-refractivity contribution < 1.29 is 19.2 Å². The van der Waals surface area contributed by atoms with Crippen molar-refractivity contribution in [1.82, 2.24) is 5.43 Å². The van der Waals surface area contributed by atoms with Gasteiger partial charge < -0.3 is 9.47 Å². The number of benzene rings is 2. The Morgan fingerprint density at radius 3 is 2.50 bits per heavy atom. The van der Waals surface area contributed by atoms with Crippen molar-refractivity contribution in [2.45, 2.75) is 46.5 Å². The van der Waals surface area contributed by atoms with Gasteiger partial charge in [0.1, 0.15) is 5.75 Å². The Kier molecular flexibility index (Phi) is 9.08. The number of nitrogens with one attached hydrogen (secondary N) is 1. The van der Waals surface area contributed by atoms with Crippen LogP contribution in [0.25, 0.3) is 0 Å². The predicted octanol–water partition coefficient (Wildman–Crippen LogP) is 6.26. The van der Waals surface area contributed by atoms with E-state index < -0.39 is 17.4 Å². The van der Waals surface area contributed by atoms with E-state index in [1.807, 2.05) is 13.8 Å². The Balaban J connectivity index is 2.15. The van der Waals surface area contributed by atoms with Gasteiger partial charge in [0.2, 0.25) is 5.75 Å². The lowest BCUT2D eigenvalue weighted by atomic mass is 9.72. The summed E-state index contributed by atoms with van der Waals surface area (Å²) in [4.78, 5) is 23.5. The minimum atomic E-state index is -0.587. The van der Waals surface area contributed by atoms with Gasteiger partial charge in [0, 0.05) is 16.7 Å². The molecule has 0 aromatic heterocycles. The quantitative estimate of drug-likeness (QED) is 0.224. The summed E-state index contributed by atoms with van der Waals surface area (Å²) in [5.41, 5.74) is 3.21. The Morgan fingerprint density at radius 2 is 1.91 bits per heavy atom. The van der Waals surface area contributed by atoms with Gasteiger partial charge in [-0.1, -0.05) is 46.2 Å². The fourth-order valence-corrected chi connectivity index (χ4v) is 4.57. The number of nitrogens with zero attached hydrogens (tertiary/aromatic N) is 2. The Hall–Kier alpha value is -2.65. The topological polar surface area (TPSA) is 103 Å². The smallest absolute Gasteiger partial charge is 0.312 e. The molecule has 2 rings (SSSR count). The summed E-state index contributed by atoms with van der Waals surface area (Å²) in [6.45, 7) is 10.0. The van der Waals surface area contributed by atoms with Crippen molar-refractivity contribution in [1.29, 1.82) is 0 Å². The summed E-state index contributed by atoms with van der Waals surface area (Å²) in [6, 6.07) is 8.29. The molecule has 0 aliphatic rings. The highest BCUT2D eigenvalue weighted by atomic mass is 79.9. The fourth-order valence-electron chi connectivity index (χ4n) is 3.83. The zero-order valence-corrected chi connectivity index (χ0v) is 22.4. The van der Waals surface area contributed by atoms with Crippen molar-refractivity contribution in [3.05, 3.63) is 61.1 Å². The van der Waals surface area contributed by atoms with E-state index in [0.717, 1.165) is 12.0 Å². The Labute approximate surface area is 212 Å². The number of carbonyl (C=O) groups excluding carboxylic acids is 1. The number of hydrazone groups is 1. The number of hydrogen-bond donors (Lipinski definition) is 1. The Bertz CT molecular complexity index is 1100. The summed E-state index contributed by atoms with van der Waals surface area (Å²) in [7, 11) is 1.51. The highest BCUT2D eigenvalue weighted by molar-refractivity contribution is 9.10. The van der Waals surface area contributed by atoms with Gasteiger partial charge in [-0.05, 0) is 63.0 Å². The fraction of sp³-hybridized carbons (Fsp3) is 0.417. The number of rotatable bonds is 9. The summed E-state index contributed by atoms with van der Waals surface area (Å²) in [6.07, 6.45) is 2.20. The molecular formula is C24H29BrClN3O5. The first-order valence-corrected chi connectivity index (χ1v) is 11.7. The van der Waals surface area contributed by atoms with Crippen molar-refractivity contribution in [2.75, 3.05) is 13.7 Å². The minimum absolute atomic E-state index is 0.0176. The zero-order chi connectivity index (χ0) is 25.7. The monoisotopic (exact) mass is 553 g/mol. The third-order valence-corrected chi connectivity index (χ3v) is 5.73. The second-order valence-corrected chi connectivity index (χ2v) is 10.9. The number of methoxy groups -OCH3 is 1. The molecule has 0 heterocycles. The summed E-state index contributed by atoms with van der Waals surface area (Å²) in [5.74, 6) is -0.0702. The van der Waals surface area contributed by atoms with Gasteiger partial charge in [0.15, 0.2) is 6.61 Å². The van der Waals surface area contributed by atoms with Crippen LogP contribution in [0, 0.1) is 15.5 Å². The van der Waals surface area contributed by atoms with Crippen LogP contribution in [-0.2, 0) is 10.2 Å². The molecule has 34 heavy (non-hydrogen) atoms.